The first kappa shape index (κ1) is 16.1. The zero-order valence-corrected chi connectivity index (χ0v) is 13.3. The molecule has 1 unspecified atom stereocenters. The second-order valence-corrected chi connectivity index (χ2v) is 7.01. The molecule has 6 nitrogen and oxygen atoms in total. The van der Waals surface area contributed by atoms with Gasteiger partial charge in [-0.3, -0.25) is 4.79 Å². The molecule has 1 atom stereocenters. The van der Waals surface area contributed by atoms with Gasteiger partial charge < -0.3 is 9.47 Å². The molecule has 116 valence electrons. The highest BCUT2D eigenvalue weighted by molar-refractivity contribution is 7.89. The minimum Gasteiger partial charge on any atom is -0.495 e. The Labute approximate surface area is 128 Å². The van der Waals surface area contributed by atoms with Gasteiger partial charge in [0.2, 0.25) is 10.0 Å². The maximum absolute atomic E-state index is 12.5. The monoisotopic (exact) mass is 333 g/mol. The first-order valence-electron chi connectivity index (χ1n) is 6.31. The van der Waals surface area contributed by atoms with E-state index < -0.39 is 15.9 Å². The van der Waals surface area contributed by atoms with E-state index in [1.54, 1.807) is 0 Å². The SMILES string of the molecule is COC(=O)C1CCN(S(=O)(=O)c2ccc(OC)c(Cl)c2)C1. The lowest BCUT2D eigenvalue weighted by Gasteiger charge is -2.16. The smallest absolute Gasteiger partial charge is 0.310 e. The van der Waals surface area contributed by atoms with Gasteiger partial charge >= 0.3 is 5.97 Å². The highest BCUT2D eigenvalue weighted by Crippen LogP contribution is 2.30. The molecule has 0 spiro atoms. The largest absolute Gasteiger partial charge is 0.495 e. The van der Waals surface area contributed by atoms with Gasteiger partial charge in [0.05, 0.1) is 30.1 Å². The number of nitrogens with zero attached hydrogens (tertiary/aromatic N) is 1. The average molecular weight is 334 g/mol. The molecular weight excluding hydrogens is 318 g/mol. The molecular formula is C13H16ClNO5S. The number of hydrogen-bond donors (Lipinski definition) is 0. The number of carbonyl (C=O) groups is 1. The number of benzene rings is 1. The summed E-state index contributed by atoms with van der Waals surface area (Å²) in [6, 6.07) is 4.29. The lowest BCUT2D eigenvalue weighted by atomic mass is 10.1. The Morgan fingerprint density at radius 1 is 1.38 bits per heavy atom. The molecule has 2 rings (SSSR count). The van der Waals surface area contributed by atoms with E-state index in [0.717, 1.165) is 0 Å². The number of rotatable bonds is 4. The van der Waals surface area contributed by atoms with Gasteiger partial charge in [-0.15, -0.1) is 0 Å². The Kier molecular flexibility index (Phi) is 4.75. The van der Waals surface area contributed by atoms with Gasteiger partial charge in [0, 0.05) is 13.1 Å². The third-order valence-electron chi connectivity index (χ3n) is 3.45. The molecule has 1 aromatic carbocycles. The van der Waals surface area contributed by atoms with E-state index in [0.29, 0.717) is 12.2 Å². The van der Waals surface area contributed by atoms with Crippen molar-refractivity contribution >= 4 is 27.6 Å². The normalized spacial score (nSPS) is 19.5. The van der Waals surface area contributed by atoms with Crippen molar-refractivity contribution in [2.75, 3.05) is 27.3 Å². The van der Waals surface area contributed by atoms with Crippen LogP contribution in [0.15, 0.2) is 23.1 Å². The second kappa shape index (κ2) is 6.21. The molecule has 1 aromatic rings. The van der Waals surface area contributed by atoms with Crippen LogP contribution in [-0.4, -0.2) is 46.0 Å². The second-order valence-electron chi connectivity index (χ2n) is 4.67. The van der Waals surface area contributed by atoms with Gasteiger partial charge in [-0.1, -0.05) is 11.6 Å². The van der Waals surface area contributed by atoms with Crippen LogP contribution >= 0.6 is 11.6 Å². The number of esters is 1. The van der Waals surface area contributed by atoms with Crippen molar-refractivity contribution in [2.24, 2.45) is 5.92 Å². The van der Waals surface area contributed by atoms with E-state index in [-0.39, 0.29) is 29.0 Å². The standard InChI is InChI=1S/C13H16ClNO5S/c1-19-12-4-3-10(7-11(12)14)21(17,18)15-6-5-9(8-15)13(16)20-2/h3-4,7,9H,5-6,8H2,1-2H3. The van der Waals surface area contributed by atoms with Gasteiger partial charge in [-0.2, -0.15) is 4.31 Å². The van der Waals surface area contributed by atoms with Crippen LogP contribution in [0.25, 0.3) is 0 Å². The predicted octanol–water partition coefficient (Wildman–Crippen LogP) is 1.53. The zero-order chi connectivity index (χ0) is 15.6. The fourth-order valence-corrected chi connectivity index (χ4v) is 4.11. The molecule has 0 saturated carbocycles. The van der Waals surface area contributed by atoms with E-state index in [1.165, 1.54) is 36.7 Å². The van der Waals surface area contributed by atoms with Crippen molar-refractivity contribution in [2.45, 2.75) is 11.3 Å². The molecule has 0 amide bonds. The first-order chi connectivity index (χ1) is 9.90. The van der Waals surface area contributed by atoms with Crippen molar-refractivity contribution in [3.63, 3.8) is 0 Å². The third-order valence-corrected chi connectivity index (χ3v) is 5.60. The molecule has 8 heteroatoms. The van der Waals surface area contributed by atoms with E-state index in [2.05, 4.69) is 4.74 Å². The number of sulfonamides is 1. The summed E-state index contributed by atoms with van der Waals surface area (Å²) >= 11 is 5.96. The molecule has 1 aliphatic rings. The summed E-state index contributed by atoms with van der Waals surface area (Å²) in [6.45, 7) is 0.407. The van der Waals surface area contributed by atoms with E-state index in [9.17, 15) is 13.2 Å². The number of ether oxygens (including phenoxy) is 2. The van der Waals surface area contributed by atoms with E-state index in [4.69, 9.17) is 16.3 Å². The number of methoxy groups -OCH3 is 2. The highest BCUT2D eigenvalue weighted by Gasteiger charge is 2.36. The lowest BCUT2D eigenvalue weighted by molar-refractivity contribution is -0.144. The minimum atomic E-state index is -3.68. The van der Waals surface area contributed by atoms with Gasteiger partial charge in [0.25, 0.3) is 0 Å². The maximum Gasteiger partial charge on any atom is 0.310 e. The summed E-state index contributed by atoms with van der Waals surface area (Å²) in [5.74, 6) is -0.400. The van der Waals surface area contributed by atoms with E-state index >= 15 is 0 Å². The molecule has 0 N–H and O–H groups in total. The van der Waals surface area contributed by atoms with Gasteiger partial charge in [-0.25, -0.2) is 8.42 Å². The predicted molar refractivity (Wildman–Crippen MR) is 76.9 cm³/mol. The van der Waals surface area contributed by atoms with Crippen LogP contribution in [-0.2, 0) is 19.6 Å². The molecule has 0 aliphatic carbocycles. The number of carbonyl (C=O) groups excluding carboxylic acids is 1. The molecule has 1 aliphatic heterocycles. The fraction of sp³-hybridized carbons (Fsp3) is 0.462. The first-order valence-corrected chi connectivity index (χ1v) is 8.13. The highest BCUT2D eigenvalue weighted by atomic mass is 35.5. The number of hydrogen-bond acceptors (Lipinski definition) is 5. The summed E-state index contributed by atoms with van der Waals surface area (Å²) in [6.07, 6.45) is 0.454. The van der Waals surface area contributed by atoms with Crippen molar-refractivity contribution in [3.8, 4) is 5.75 Å². The van der Waals surface area contributed by atoms with Crippen molar-refractivity contribution < 1.29 is 22.7 Å². The Morgan fingerprint density at radius 2 is 2.10 bits per heavy atom. The summed E-state index contributed by atoms with van der Waals surface area (Å²) in [5, 5.41) is 0.224. The van der Waals surface area contributed by atoms with E-state index in [1.807, 2.05) is 0 Å². The maximum atomic E-state index is 12.5. The van der Waals surface area contributed by atoms with Crippen LogP contribution < -0.4 is 4.74 Å². The summed E-state index contributed by atoms with van der Waals surface area (Å²) in [4.78, 5) is 11.6. The fourth-order valence-electron chi connectivity index (χ4n) is 2.26. The lowest BCUT2D eigenvalue weighted by Crippen LogP contribution is -2.30. The van der Waals surface area contributed by atoms with Crippen molar-refractivity contribution in [1.29, 1.82) is 0 Å². The van der Waals surface area contributed by atoms with Crippen LogP contribution in [0.3, 0.4) is 0 Å². The Morgan fingerprint density at radius 3 is 2.67 bits per heavy atom. The molecule has 21 heavy (non-hydrogen) atoms. The van der Waals surface area contributed by atoms with Crippen molar-refractivity contribution in [1.82, 2.24) is 4.31 Å². The molecule has 1 fully saturated rings. The molecule has 0 aromatic heterocycles. The Hall–Kier alpha value is -1.31. The third kappa shape index (κ3) is 3.14. The van der Waals surface area contributed by atoms with Gasteiger partial charge in [0.15, 0.2) is 0 Å². The Bertz CT molecular complexity index is 646. The van der Waals surface area contributed by atoms with Gasteiger partial charge in [-0.05, 0) is 24.6 Å². The summed E-state index contributed by atoms with van der Waals surface area (Å²) < 4.78 is 36.0. The summed E-state index contributed by atoms with van der Waals surface area (Å²) in [7, 11) is -0.926. The summed E-state index contributed by atoms with van der Waals surface area (Å²) in [5.41, 5.74) is 0. The molecule has 1 saturated heterocycles. The van der Waals surface area contributed by atoms with Crippen LogP contribution in [0, 0.1) is 5.92 Å². The molecule has 1 heterocycles. The minimum absolute atomic E-state index is 0.0822. The Balaban J connectivity index is 2.23. The van der Waals surface area contributed by atoms with Gasteiger partial charge in [0.1, 0.15) is 5.75 Å². The molecule has 0 bridgehead atoms. The number of halogens is 1. The van der Waals surface area contributed by atoms with Crippen LogP contribution in [0.2, 0.25) is 5.02 Å². The van der Waals surface area contributed by atoms with Crippen LogP contribution in [0.1, 0.15) is 6.42 Å². The van der Waals surface area contributed by atoms with Crippen LogP contribution in [0.5, 0.6) is 5.75 Å². The molecule has 0 radical (unpaired) electrons. The quantitative estimate of drug-likeness (QED) is 0.781. The van der Waals surface area contributed by atoms with Crippen LogP contribution in [0.4, 0.5) is 0 Å². The average Bonchev–Trinajstić information content (AvgIpc) is 2.96. The zero-order valence-electron chi connectivity index (χ0n) is 11.7. The topological polar surface area (TPSA) is 72.9 Å². The van der Waals surface area contributed by atoms with Crippen molar-refractivity contribution in [3.05, 3.63) is 23.2 Å².